The van der Waals surface area contributed by atoms with Gasteiger partial charge in [-0.25, -0.2) is 8.42 Å². The van der Waals surface area contributed by atoms with Gasteiger partial charge >= 0.3 is 0 Å². The maximum atomic E-state index is 12.4. The van der Waals surface area contributed by atoms with Gasteiger partial charge in [-0.05, 0) is 30.3 Å². The summed E-state index contributed by atoms with van der Waals surface area (Å²) in [4.78, 5) is -0.126. The average Bonchev–Trinajstić information content (AvgIpc) is 2.41. The first-order chi connectivity index (χ1) is 9.85. The van der Waals surface area contributed by atoms with Crippen molar-refractivity contribution < 1.29 is 13.2 Å². The molecule has 0 heterocycles. The van der Waals surface area contributed by atoms with Crippen molar-refractivity contribution in [2.75, 3.05) is 11.8 Å². The van der Waals surface area contributed by atoms with E-state index < -0.39 is 10.0 Å². The van der Waals surface area contributed by atoms with E-state index in [1.54, 1.807) is 12.1 Å². The molecule has 2 aromatic rings. The molecule has 0 aliphatic carbocycles. The zero-order valence-corrected chi connectivity index (χ0v) is 13.8. The summed E-state index contributed by atoms with van der Waals surface area (Å²) in [5.41, 5.74) is 0.209. The third-order valence-corrected chi connectivity index (χ3v) is 5.19. The third kappa shape index (κ3) is 3.55. The summed E-state index contributed by atoms with van der Waals surface area (Å²) in [6.45, 7) is 0. The molecule has 0 radical (unpaired) electrons. The van der Waals surface area contributed by atoms with Crippen LogP contribution in [0.1, 0.15) is 0 Å². The summed E-state index contributed by atoms with van der Waals surface area (Å²) in [6.07, 6.45) is 0. The molecular formula is C13H10Cl3NO3S. The molecule has 0 atom stereocenters. The first-order valence-corrected chi connectivity index (χ1v) is 8.27. The predicted octanol–water partition coefficient (Wildman–Crippen LogP) is 4.46. The van der Waals surface area contributed by atoms with Crippen LogP contribution in [0.2, 0.25) is 15.1 Å². The van der Waals surface area contributed by atoms with Crippen LogP contribution in [-0.4, -0.2) is 15.5 Å². The van der Waals surface area contributed by atoms with Crippen molar-refractivity contribution in [1.82, 2.24) is 0 Å². The smallest absolute Gasteiger partial charge is 0.263 e. The maximum absolute atomic E-state index is 12.4. The Morgan fingerprint density at radius 3 is 2.48 bits per heavy atom. The lowest BCUT2D eigenvalue weighted by molar-refractivity contribution is 0.417. The lowest BCUT2D eigenvalue weighted by atomic mass is 10.3. The Morgan fingerprint density at radius 1 is 1.10 bits per heavy atom. The molecule has 0 saturated heterocycles. The van der Waals surface area contributed by atoms with Crippen LogP contribution in [0.25, 0.3) is 0 Å². The van der Waals surface area contributed by atoms with Crippen molar-refractivity contribution in [3.8, 4) is 5.75 Å². The van der Waals surface area contributed by atoms with Gasteiger partial charge in [-0.1, -0.05) is 40.9 Å². The van der Waals surface area contributed by atoms with Gasteiger partial charge in [-0.3, -0.25) is 4.72 Å². The number of benzene rings is 2. The van der Waals surface area contributed by atoms with E-state index in [1.807, 2.05) is 0 Å². The molecule has 1 N–H and O–H groups in total. The highest BCUT2D eigenvalue weighted by molar-refractivity contribution is 7.92. The fraction of sp³-hybridized carbons (Fsp3) is 0.0769. The molecule has 21 heavy (non-hydrogen) atoms. The van der Waals surface area contributed by atoms with Crippen LogP contribution in [-0.2, 0) is 10.0 Å². The van der Waals surface area contributed by atoms with E-state index >= 15 is 0 Å². The average molecular weight is 367 g/mol. The van der Waals surface area contributed by atoms with Crippen LogP contribution in [0, 0.1) is 0 Å². The number of anilines is 1. The van der Waals surface area contributed by atoms with E-state index in [0.29, 0.717) is 10.8 Å². The second-order valence-electron chi connectivity index (χ2n) is 4.00. The molecule has 2 rings (SSSR count). The van der Waals surface area contributed by atoms with Crippen molar-refractivity contribution in [3.05, 3.63) is 51.5 Å². The molecule has 8 heteroatoms. The van der Waals surface area contributed by atoms with Crippen molar-refractivity contribution >= 4 is 50.5 Å². The first kappa shape index (κ1) is 16.2. The van der Waals surface area contributed by atoms with Gasteiger partial charge in [0.25, 0.3) is 10.0 Å². The number of hydrogen-bond donors (Lipinski definition) is 1. The Kier molecular flexibility index (Phi) is 4.88. The van der Waals surface area contributed by atoms with E-state index in [0.717, 1.165) is 0 Å². The van der Waals surface area contributed by atoms with Crippen molar-refractivity contribution in [2.45, 2.75) is 4.90 Å². The molecule has 4 nitrogen and oxygen atoms in total. The summed E-state index contributed by atoms with van der Waals surface area (Å²) >= 11 is 17.6. The van der Waals surface area contributed by atoms with E-state index in [2.05, 4.69) is 4.72 Å². The molecule has 0 aliphatic rings. The van der Waals surface area contributed by atoms with E-state index in [1.165, 1.54) is 31.4 Å². The van der Waals surface area contributed by atoms with Crippen LogP contribution >= 0.6 is 34.8 Å². The molecule has 0 fully saturated rings. The predicted molar refractivity (Wildman–Crippen MR) is 85.3 cm³/mol. The van der Waals surface area contributed by atoms with Crippen LogP contribution in [0.15, 0.2) is 41.3 Å². The monoisotopic (exact) mass is 365 g/mol. The zero-order valence-electron chi connectivity index (χ0n) is 10.7. The number of sulfonamides is 1. The van der Waals surface area contributed by atoms with Crippen LogP contribution in [0.3, 0.4) is 0 Å². The topological polar surface area (TPSA) is 55.4 Å². The van der Waals surface area contributed by atoms with Gasteiger partial charge in [0.05, 0.1) is 22.8 Å². The number of hydrogen-bond acceptors (Lipinski definition) is 3. The highest BCUT2D eigenvalue weighted by Gasteiger charge is 2.21. The summed E-state index contributed by atoms with van der Waals surface area (Å²) in [7, 11) is -2.50. The van der Waals surface area contributed by atoms with Gasteiger partial charge in [0.15, 0.2) is 0 Å². The Morgan fingerprint density at radius 2 is 1.81 bits per heavy atom. The Balaban J connectivity index is 2.47. The summed E-state index contributed by atoms with van der Waals surface area (Å²) < 4.78 is 32.3. The fourth-order valence-corrected chi connectivity index (χ4v) is 3.65. The number of ether oxygens (including phenoxy) is 1. The number of halogens is 3. The van der Waals surface area contributed by atoms with Crippen LogP contribution in [0.5, 0.6) is 5.75 Å². The maximum Gasteiger partial charge on any atom is 0.263 e. The minimum atomic E-state index is -3.92. The first-order valence-electron chi connectivity index (χ1n) is 5.65. The van der Waals surface area contributed by atoms with E-state index in [9.17, 15) is 8.42 Å². The van der Waals surface area contributed by atoms with Gasteiger partial charge in [-0.15, -0.1) is 0 Å². The quantitative estimate of drug-likeness (QED) is 0.869. The lowest BCUT2D eigenvalue weighted by Crippen LogP contribution is -2.14. The lowest BCUT2D eigenvalue weighted by Gasteiger charge is -2.13. The summed E-state index contributed by atoms with van der Waals surface area (Å²) in [5, 5.41) is 0.468. The van der Waals surface area contributed by atoms with E-state index in [4.69, 9.17) is 39.5 Å². The minimum absolute atomic E-state index is 0.0485. The molecule has 0 aliphatic heterocycles. The van der Waals surface area contributed by atoms with Crippen LogP contribution < -0.4 is 9.46 Å². The van der Waals surface area contributed by atoms with Gasteiger partial charge in [0, 0.05) is 5.02 Å². The molecule has 0 bridgehead atoms. The third-order valence-electron chi connectivity index (χ3n) is 2.61. The fourth-order valence-electron chi connectivity index (χ4n) is 1.65. The highest BCUT2D eigenvalue weighted by atomic mass is 35.5. The molecule has 0 amide bonds. The normalized spacial score (nSPS) is 11.2. The largest absolute Gasteiger partial charge is 0.495 e. The molecular weight excluding hydrogens is 357 g/mol. The standard InChI is InChI=1S/C13H10Cl3NO3S/c1-20-11-6-5-8(14)7-10(11)17-21(18,19)12-4-2-3-9(15)13(12)16/h2-7,17H,1H3. The number of nitrogens with one attached hydrogen (secondary N) is 1. The Hall–Kier alpha value is -1.14. The molecule has 0 unspecified atom stereocenters. The van der Waals surface area contributed by atoms with Gasteiger partial charge in [0.1, 0.15) is 10.6 Å². The zero-order chi connectivity index (χ0) is 15.6. The SMILES string of the molecule is COc1ccc(Cl)cc1NS(=O)(=O)c1cccc(Cl)c1Cl. The van der Waals surface area contributed by atoms with Crippen molar-refractivity contribution in [2.24, 2.45) is 0 Å². The second-order valence-corrected chi connectivity index (χ2v) is 6.87. The summed E-state index contributed by atoms with van der Waals surface area (Å²) in [6, 6.07) is 8.94. The second kappa shape index (κ2) is 6.32. The number of rotatable bonds is 4. The number of methoxy groups -OCH3 is 1. The Labute approximate surface area is 137 Å². The minimum Gasteiger partial charge on any atom is -0.495 e. The molecule has 0 aromatic heterocycles. The highest BCUT2D eigenvalue weighted by Crippen LogP contribution is 2.33. The van der Waals surface area contributed by atoms with Gasteiger partial charge in [0.2, 0.25) is 0 Å². The summed E-state index contributed by atoms with van der Waals surface area (Å²) in [5.74, 6) is 0.334. The molecule has 0 spiro atoms. The van der Waals surface area contributed by atoms with Crippen molar-refractivity contribution in [3.63, 3.8) is 0 Å². The van der Waals surface area contributed by atoms with Crippen molar-refractivity contribution in [1.29, 1.82) is 0 Å². The van der Waals surface area contributed by atoms with Gasteiger partial charge < -0.3 is 4.74 Å². The van der Waals surface area contributed by atoms with Crippen LogP contribution in [0.4, 0.5) is 5.69 Å². The molecule has 2 aromatic carbocycles. The molecule has 0 saturated carbocycles. The van der Waals surface area contributed by atoms with E-state index in [-0.39, 0.29) is 20.6 Å². The Bertz CT molecular complexity index is 778. The van der Waals surface area contributed by atoms with Gasteiger partial charge in [-0.2, -0.15) is 0 Å². The molecule has 112 valence electrons.